The molecule has 1 heterocycles. The van der Waals surface area contributed by atoms with E-state index in [-0.39, 0.29) is 36.5 Å². The molecule has 6 heteroatoms. The lowest BCUT2D eigenvalue weighted by Crippen LogP contribution is -2.44. The van der Waals surface area contributed by atoms with Crippen molar-refractivity contribution in [3.8, 4) is 0 Å². The summed E-state index contributed by atoms with van der Waals surface area (Å²) in [4.78, 5) is 22.5. The van der Waals surface area contributed by atoms with E-state index in [0.29, 0.717) is 0 Å². The topological polar surface area (TPSA) is 102 Å². The van der Waals surface area contributed by atoms with Crippen LogP contribution < -0.4 is 11.1 Å². The first-order chi connectivity index (χ1) is 7.84. The van der Waals surface area contributed by atoms with Crippen molar-refractivity contribution in [1.29, 1.82) is 0 Å². The number of amides is 2. The van der Waals surface area contributed by atoms with Crippen LogP contribution in [-0.4, -0.2) is 41.8 Å². The van der Waals surface area contributed by atoms with E-state index in [9.17, 15) is 14.7 Å². The molecular weight excluding hydrogens is 224 g/mol. The normalized spacial score (nSPS) is 34.4. The van der Waals surface area contributed by atoms with E-state index in [1.807, 2.05) is 20.8 Å². The molecule has 0 spiro atoms. The Balaban J connectivity index is 2.50. The second-order valence-electron chi connectivity index (χ2n) is 4.59. The summed E-state index contributed by atoms with van der Waals surface area (Å²) in [6.07, 6.45) is -1.48. The molecule has 0 aromatic carbocycles. The molecule has 98 valence electrons. The summed E-state index contributed by atoms with van der Waals surface area (Å²) < 4.78 is 5.55. The first-order valence-corrected chi connectivity index (χ1v) is 5.75. The van der Waals surface area contributed by atoms with Gasteiger partial charge in [-0.25, -0.2) is 0 Å². The lowest BCUT2D eigenvalue weighted by atomic mass is 9.89. The summed E-state index contributed by atoms with van der Waals surface area (Å²) >= 11 is 0. The first-order valence-electron chi connectivity index (χ1n) is 5.75. The van der Waals surface area contributed by atoms with Crippen molar-refractivity contribution in [2.45, 2.75) is 39.1 Å². The summed E-state index contributed by atoms with van der Waals surface area (Å²) in [7, 11) is 0. The van der Waals surface area contributed by atoms with Crippen molar-refractivity contribution in [3.05, 3.63) is 0 Å². The molecule has 0 bridgehead atoms. The Morgan fingerprint density at radius 3 is 2.35 bits per heavy atom. The maximum atomic E-state index is 11.9. The minimum Gasteiger partial charge on any atom is -0.381 e. The fraction of sp³-hybridized carbons (Fsp3) is 0.818. The second-order valence-corrected chi connectivity index (χ2v) is 4.59. The number of carbonyl (C=O) groups is 2. The van der Waals surface area contributed by atoms with Crippen LogP contribution >= 0.6 is 0 Å². The number of aliphatic hydroxyl groups excluding tert-OH is 1. The predicted octanol–water partition coefficient (Wildman–Crippen LogP) is -0.992. The molecule has 4 N–H and O–H groups in total. The highest BCUT2D eigenvalue weighted by molar-refractivity contribution is 5.82. The third-order valence-electron chi connectivity index (χ3n) is 3.34. The molecule has 0 aliphatic carbocycles. The zero-order valence-corrected chi connectivity index (χ0v) is 10.3. The number of nitrogens with one attached hydrogen (secondary N) is 1. The fourth-order valence-electron chi connectivity index (χ4n) is 2.13. The van der Waals surface area contributed by atoms with Gasteiger partial charge < -0.3 is 20.9 Å². The van der Waals surface area contributed by atoms with Gasteiger partial charge in [-0.15, -0.1) is 0 Å². The van der Waals surface area contributed by atoms with Crippen molar-refractivity contribution in [2.24, 2.45) is 17.6 Å². The zero-order valence-electron chi connectivity index (χ0n) is 10.3. The Morgan fingerprint density at radius 1 is 1.35 bits per heavy atom. The minimum absolute atomic E-state index is 0.0295. The van der Waals surface area contributed by atoms with Crippen LogP contribution in [0.15, 0.2) is 0 Å². The zero-order chi connectivity index (χ0) is 13.2. The predicted molar refractivity (Wildman–Crippen MR) is 60.9 cm³/mol. The van der Waals surface area contributed by atoms with Gasteiger partial charge in [0, 0.05) is 0 Å². The molecule has 1 rings (SSSR count). The third-order valence-corrected chi connectivity index (χ3v) is 3.34. The van der Waals surface area contributed by atoms with Gasteiger partial charge in [0.1, 0.15) is 6.10 Å². The molecule has 1 saturated heterocycles. The maximum Gasteiger partial charge on any atom is 0.248 e. The van der Waals surface area contributed by atoms with E-state index < -0.39 is 12.0 Å². The van der Waals surface area contributed by atoms with E-state index in [2.05, 4.69) is 5.32 Å². The highest BCUT2D eigenvalue weighted by Crippen LogP contribution is 2.32. The summed E-state index contributed by atoms with van der Waals surface area (Å²) in [6.45, 7) is 5.56. The molecule has 5 atom stereocenters. The summed E-state index contributed by atoms with van der Waals surface area (Å²) in [5.41, 5.74) is 4.89. The van der Waals surface area contributed by atoms with Crippen LogP contribution in [0.5, 0.6) is 0 Å². The molecule has 2 amide bonds. The van der Waals surface area contributed by atoms with Gasteiger partial charge in [0.15, 0.2) is 0 Å². The Labute approximate surface area is 101 Å². The monoisotopic (exact) mass is 244 g/mol. The quantitative estimate of drug-likeness (QED) is 0.591. The fourth-order valence-corrected chi connectivity index (χ4v) is 2.13. The molecule has 1 fully saturated rings. The second kappa shape index (κ2) is 5.46. The molecule has 1 aliphatic rings. The SMILES string of the molecule is CC1OC(C)C(C(=O)NCC(O)C(N)=O)C1C. The van der Waals surface area contributed by atoms with E-state index in [1.54, 1.807) is 0 Å². The number of rotatable bonds is 4. The smallest absolute Gasteiger partial charge is 0.248 e. The molecule has 0 aromatic heterocycles. The highest BCUT2D eigenvalue weighted by atomic mass is 16.5. The average Bonchev–Trinajstić information content (AvgIpc) is 2.49. The number of primary amides is 1. The van der Waals surface area contributed by atoms with Gasteiger partial charge in [-0.05, 0) is 19.8 Å². The summed E-state index contributed by atoms with van der Waals surface area (Å²) in [5, 5.41) is 11.7. The number of hydrogen-bond acceptors (Lipinski definition) is 4. The van der Waals surface area contributed by atoms with Gasteiger partial charge in [-0.3, -0.25) is 9.59 Å². The van der Waals surface area contributed by atoms with Gasteiger partial charge in [0.25, 0.3) is 0 Å². The van der Waals surface area contributed by atoms with Gasteiger partial charge in [-0.2, -0.15) is 0 Å². The van der Waals surface area contributed by atoms with Gasteiger partial charge in [0.05, 0.1) is 24.7 Å². The summed E-state index contributed by atoms with van der Waals surface area (Å²) in [6, 6.07) is 0. The van der Waals surface area contributed by atoms with E-state index in [0.717, 1.165) is 0 Å². The Morgan fingerprint density at radius 2 is 1.94 bits per heavy atom. The molecular formula is C11H20N2O4. The van der Waals surface area contributed by atoms with Crippen molar-refractivity contribution in [1.82, 2.24) is 5.32 Å². The maximum absolute atomic E-state index is 11.9. The van der Waals surface area contributed by atoms with Crippen molar-refractivity contribution < 1.29 is 19.4 Å². The molecule has 6 nitrogen and oxygen atoms in total. The van der Waals surface area contributed by atoms with Crippen LogP contribution in [-0.2, 0) is 14.3 Å². The van der Waals surface area contributed by atoms with Gasteiger partial charge >= 0.3 is 0 Å². The first kappa shape index (κ1) is 13.9. The van der Waals surface area contributed by atoms with Crippen molar-refractivity contribution >= 4 is 11.8 Å². The number of aliphatic hydroxyl groups is 1. The van der Waals surface area contributed by atoms with E-state index >= 15 is 0 Å². The number of ether oxygens (including phenoxy) is 1. The Hall–Kier alpha value is -1.14. The molecule has 0 aromatic rings. The van der Waals surface area contributed by atoms with Crippen LogP contribution in [0.25, 0.3) is 0 Å². The largest absolute Gasteiger partial charge is 0.381 e. The van der Waals surface area contributed by atoms with Crippen LogP contribution in [0, 0.1) is 11.8 Å². The Kier molecular flexibility index (Phi) is 4.47. The van der Waals surface area contributed by atoms with E-state index in [1.165, 1.54) is 0 Å². The van der Waals surface area contributed by atoms with Crippen LogP contribution in [0.2, 0.25) is 0 Å². The Bertz CT molecular complexity index is 308. The standard InChI is InChI=1S/C11H20N2O4/c1-5-6(2)17-7(3)9(5)11(16)13-4-8(14)10(12)15/h5-9,14H,4H2,1-3H3,(H2,12,15)(H,13,16). The molecule has 17 heavy (non-hydrogen) atoms. The number of nitrogens with two attached hydrogens (primary N) is 1. The van der Waals surface area contributed by atoms with Crippen LogP contribution in [0.4, 0.5) is 0 Å². The van der Waals surface area contributed by atoms with Crippen LogP contribution in [0.1, 0.15) is 20.8 Å². The minimum atomic E-state index is -1.34. The molecule has 0 saturated carbocycles. The highest BCUT2D eigenvalue weighted by Gasteiger charge is 2.41. The average molecular weight is 244 g/mol. The lowest BCUT2D eigenvalue weighted by Gasteiger charge is -2.18. The van der Waals surface area contributed by atoms with Gasteiger partial charge in [-0.1, -0.05) is 6.92 Å². The summed E-state index contributed by atoms with van der Waals surface area (Å²) in [5.74, 6) is -1.21. The van der Waals surface area contributed by atoms with Crippen LogP contribution in [0.3, 0.4) is 0 Å². The number of carbonyl (C=O) groups excluding carboxylic acids is 2. The molecule has 1 aliphatic heterocycles. The van der Waals surface area contributed by atoms with E-state index in [4.69, 9.17) is 10.5 Å². The van der Waals surface area contributed by atoms with Crippen molar-refractivity contribution in [2.75, 3.05) is 6.54 Å². The van der Waals surface area contributed by atoms with Gasteiger partial charge in [0.2, 0.25) is 11.8 Å². The number of hydrogen-bond donors (Lipinski definition) is 3. The van der Waals surface area contributed by atoms with Crippen molar-refractivity contribution in [3.63, 3.8) is 0 Å². The molecule has 0 radical (unpaired) electrons. The molecule has 5 unspecified atom stereocenters. The third kappa shape index (κ3) is 3.17. The lowest BCUT2D eigenvalue weighted by molar-refractivity contribution is -0.129.